The van der Waals surface area contributed by atoms with Crippen LogP contribution < -0.4 is 0 Å². The van der Waals surface area contributed by atoms with E-state index in [0.29, 0.717) is 24.3 Å². The summed E-state index contributed by atoms with van der Waals surface area (Å²) in [6, 6.07) is 11.0. The minimum Gasteiger partial charge on any atom is -0.338 e. The first-order valence-corrected chi connectivity index (χ1v) is 8.69. The molecule has 1 aliphatic carbocycles. The number of benzene rings is 1. The topological polar surface area (TPSA) is 23.6 Å². The molecule has 3 nitrogen and oxygen atoms in total. The second-order valence-electron chi connectivity index (χ2n) is 7.27. The second-order valence-corrected chi connectivity index (χ2v) is 7.27. The van der Waals surface area contributed by atoms with Crippen LogP contribution in [0, 0.1) is 11.8 Å². The summed E-state index contributed by atoms with van der Waals surface area (Å²) < 4.78 is 0. The highest BCUT2D eigenvalue weighted by molar-refractivity contribution is 5.77. The molecule has 1 aromatic rings. The first kappa shape index (κ1) is 15.5. The molecule has 0 unspecified atom stereocenters. The lowest BCUT2D eigenvalue weighted by Gasteiger charge is -2.35. The van der Waals surface area contributed by atoms with Crippen LogP contribution >= 0.6 is 0 Å². The molecule has 2 aliphatic rings. The van der Waals surface area contributed by atoms with Crippen molar-refractivity contribution in [1.82, 2.24) is 9.80 Å². The van der Waals surface area contributed by atoms with Crippen molar-refractivity contribution in [2.24, 2.45) is 11.8 Å². The molecule has 0 N–H and O–H groups in total. The van der Waals surface area contributed by atoms with Gasteiger partial charge in [0.05, 0.1) is 0 Å². The Morgan fingerprint density at radius 2 is 1.91 bits per heavy atom. The molecule has 1 saturated carbocycles. The van der Waals surface area contributed by atoms with Crippen molar-refractivity contribution >= 4 is 5.91 Å². The Labute approximate surface area is 134 Å². The van der Waals surface area contributed by atoms with Gasteiger partial charge >= 0.3 is 0 Å². The fourth-order valence-corrected chi connectivity index (χ4v) is 3.41. The van der Waals surface area contributed by atoms with Crippen LogP contribution in [0.5, 0.6) is 0 Å². The summed E-state index contributed by atoms with van der Waals surface area (Å²) in [5.41, 5.74) is 1.34. The SMILES string of the molecule is CC(C)[C@@H]1CN(Cc2ccccc2)CCC(=O)N1CC1CC1. The van der Waals surface area contributed by atoms with Gasteiger partial charge < -0.3 is 4.90 Å². The Bertz CT molecular complexity index is 495. The van der Waals surface area contributed by atoms with Crippen molar-refractivity contribution in [3.8, 4) is 0 Å². The van der Waals surface area contributed by atoms with Crippen molar-refractivity contribution in [2.75, 3.05) is 19.6 Å². The number of nitrogens with zero attached hydrogens (tertiary/aromatic N) is 2. The predicted octanol–water partition coefficient (Wildman–Crippen LogP) is 3.16. The van der Waals surface area contributed by atoms with Crippen LogP contribution in [0.1, 0.15) is 38.7 Å². The van der Waals surface area contributed by atoms with Gasteiger partial charge in [-0.3, -0.25) is 9.69 Å². The number of hydrogen-bond donors (Lipinski definition) is 0. The Kier molecular flexibility index (Phi) is 4.82. The number of carbonyl (C=O) groups excluding carboxylic acids is 1. The molecule has 1 amide bonds. The highest BCUT2D eigenvalue weighted by Gasteiger charge is 2.35. The molecular formula is C19H28N2O. The van der Waals surface area contributed by atoms with Crippen LogP contribution in [-0.2, 0) is 11.3 Å². The summed E-state index contributed by atoms with van der Waals surface area (Å²) in [5, 5.41) is 0. The van der Waals surface area contributed by atoms with Gasteiger partial charge in [0.25, 0.3) is 0 Å². The van der Waals surface area contributed by atoms with Gasteiger partial charge in [0.1, 0.15) is 0 Å². The minimum atomic E-state index is 0.360. The van der Waals surface area contributed by atoms with E-state index in [0.717, 1.165) is 32.1 Å². The minimum absolute atomic E-state index is 0.360. The zero-order valence-corrected chi connectivity index (χ0v) is 13.9. The summed E-state index contributed by atoms with van der Waals surface area (Å²) >= 11 is 0. The maximum Gasteiger partial charge on any atom is 0.224 e. The van der Waals surface area contributed by atoms with E-state index in [4.69, 9.17) is 0 Å². The Morgan fingerprint density at radius 3 is 2.55 bits per heavy atom. The molecule has 22 heavy (non-hydrogen) atoms. The lowest BCUT2D eigenvalue weighted by atomic mass is 10.0. The zero-order chi connectivity index (χ0) is 15.5. The van der Waals surface area contributed by atoms with Crippen molar-refractivity contribution < 1.29 is 4.79 Å². The van der Waals surface area contributed by atoms with E-state index in [1.165, 1.54) is 18.4 Å². The van der Waals surface area contributed by atoms with Crippen LogP contribution in [0.15, 0.2) is 30.3 Å². The maximum atomic E-state index is 12.6. The lowest BCUT2D eigenvalue weighted by molar-refractivity contribution is -0.133. The van der Waals surface area contributed by atoms with E-state index < -0.39 is 0 Å². The first-order valence-electron chi connectivity index (χ1n) is 8.69. The molecule has 2 fully saturated rings. The highest BCUT2D eigenvalue weighted by Crippen LogP contribution is 2.32. The number of carbonyl (C=O) groups is 1. The summed E-state index contributed by atoms with van der Waals surface area (Å²) in [6.07, 6.45) is 3.29. The molecule has 1 saturated heterocycles. The van der Waals surface area contributed by atoms with Crippen molar-refractivity contribution in [3.05, 3.63) is 35.9 Å². The molecule has 0 radical (unpaired) electrons. The van der Waals surface area contributed by atoms with Crippen LogP contribution in [-0.4, -0.2) is 41.4 Å². The average Bonchev–Trinajstić information content (AvgIpc) is 3.33. The monoisotopic (exact) mass is 300 g/mol. The van der Waals surface area contributed by atoms with Gasteiger partial charge in [0, 0.05) is 38.6 Å². The van der Waals surface area contributed by atoms with Gasteiger partial charge in [0.15, 0.2) is 0 Å². The molecule has 3 heteroatoms. The van der Waals surface area contributed by atoms with Gasteiger partial charge in [-0.1, -0.05) is 44.2 Å². The third-order valence-electron chi connectivity index (χ3n) is 4.98. The average molecular weight is 300 g/mol. The van der Waals surface area contributed by atoms with Crippen LogP contribution in [0.25, 0.3) is 0 Å². The lowest BCUT2D eigenvalue weighted by Crippen LogP contribution is -2.47. The number of rotatable bonds is 5. The zero-order valence-electron chi connectivity index (χ0n) is 13.9. The summed E-state index contributed by atoms with van der Waals surface area (Å²) in [4.78, 5) is 17.3. The molecule has 0 spiro atoms. The Hall–Kier alpha value is -1.35. The first-order chi connectivity index (χ1) is 10.6. The van der Waals surface area contributed by atoms with Crippen LogP contribution in [0.4, 0.5) is 0 Å². The normalized spacial score (nSPS) is 23.9. The van der Waals surface area contributed by atoms with Gasteiger partial charge in [-0.2, -0.15) is 0 Å². The van der Waals surface area contributed by atoms with Gasteiger partial charge in [-0.15, -0.1) is 0 Å². The van der Waals surface area contributed by atoms with Crippen molar-refractivity contribution in [2.45, 2.75) is 45.7 Å². The van der Waals surface area contributed by atoms with Crippen LogP contribution in [0.2, 0.25) is 0 Å². The third-order valence-corrected chi connectivity index (χ3v) is 4.98. The predicted molar refractivity (Wildman–Crippen MR) is 89.4 cm³/mol. The van der Waals surface area contributed by atoms with Gasteiger partial charge in [0.2, 0.25) is 5.91 Å². The fraction of sp³-hybridized carbons (Fsp3) is 0.632. The molecule has 1 heterocycles. The van der Waals surface area contributed by atoms with Crippen molar-refractivity contribution in [1.29, 1.82) is 0 Å². The smallest absolute Gasteiger partial charge is 0.224 e. The fourth-order valence-electron chi connectivity index (χ4n) is 3.41. The molecule has 0 bridgehead atoms. The standard InChI is InChI=1S/C19H28N2O/c1-15(2)18-14-20(12-16-6-4-3-5-7-16)11-10-19(22)21(18)13-17-8-9-17/h3-7,15,17-18H,8-14H2,1-2H3/t18-/m0/s1. The van der Waals surface area contributed by atoms with E-state index in [1.54, 1.807) is 0 Å². The molecule has 120 valence electrons. The summed E-state index contributed by atoms with van der Waals surface area (Å²) in [5.74, 6) is 1.64. The van der Waals surface area contributed by atoms with E-state index in [2.05, 4.69) is 54.0 Å². The van der Waals surface area contributed by atoms with Gasteiger partial charge in [-0.05, 0) is 30.2 Å². The second kappa shape index (κ2) is 6.82. The number of amides is 1. The molecule has 1 aliphatic heterocycles. The van der Waals surface area contributed by atoms with Gasteiger partial charge in [-0.25, -0.2) is 0 Å². The van der Waals surface area contributed by atoms with E-state index in [-0.39, 0.29) is 0 Å². The largest absolute Gasteiger partial charge is 0.338 e. The van der Waals surface area contributed by atoms with Crippen molar-refractivity contribution in [3.63, 3.8) is 0 Å². The molecule has 3 rings (SSSR count). The molecule has 1 aromatic carbocycles. The molecule has 0 aromatic heterocycles. The summed E-state index contributed by atoms with van der Waals surface area (Å²) in [7, 11) is 0. The van der Waals surface area contributed by atoms with E-state index >= 15 is 0 Å². The summed E-state index contributed by atoms with van der Waals surface area (Å²) in [6.45, 7) is 8.34. The molecule has 1 atom stereocenters. The van der Waals surface area contributed by atoms with E-state index in [9.17, 15) is 4.79 Å². The number of hydrogen-bond acceptors (Lipinski definition) is 2. The van der Waals surface area contributed by atoms with Crippen LogP contribution in [0.3, 0.4) is 0 Å². The quantitative estimate of drug-likeness (QED) is 0.834. The maximum absolute atomic E-state index is 12.6. The third kappa shape index (κ3) is 3.89. The highest BCUT2D eigenvalue weighted by atomic mass is 16.2. The Balaban J connectivity index is 1.70. The van der Waals surface area contributed by atoms with E-state index in [1.807, 2.05) is 0 Å². The Morgan fingerprint density at radius 1 is 1.18 bits per heavy atom. The molecular weight excluding hydrogens is 272 g/mol.